The first-order valence-corrected chi connectivity index (χ1v) is 12.2. The number of hydrogen-bond acceptors (Lipinski definition) is 6. The Morgan fingerprint density at radius 3 is 2.54 bits per heavy atom. The molecule has 2 N–H and O–H groups in total. The van der Waals surface area contributed by atoms with E-state index in [2.05, 4.69) is 4.98 Å². The topological polar surface area (TPSA) is 128 Å². The number of aromatic nitrogens is 2. The van der Waals surface area contributed by atoms with Crippen LogP contribution in [-0.4, -0.2) is 36.9 Å². The van der Waals surface area contributed by atoms with E-state index in [1.807, 2.05) is 0 Å². The summed E-state index contributed by atoms with van der Waals surface area (Å²) in [6.07, 6.45) is 0.990. The number of carbonyl (C=O) groups is 1. The van der Waals surface area contributed by atoms with Crippen molar-refractivity contribution < 1.29 is 26.7 Å². The molecule has 0 aliphatic carbocycles. The van der Waals surface area contributed by atoms with E-state index in [9.17, 15) is 26.8 Å². The van der Waals surface area contributed by atoms with E-state index in [0.29, 0.717) is 6.07 Å². The molecule has 0 bridgehead atoms. The second-order valence-corrected chi connectivity index (χ2v) is 9.92. The number of halogens is 3. The highest BCUT2D eigenvalue weighted by molar-refractivity contribution is 7.92. The monoisotopic (exact) mass is 525 g/mol. The van der Waals surface area contributed by atoms with Gasteiger partial charge in [0.05, 0.1) is 23.3 Å². The number of primary amides is 1. The minimum atomic E-state index is -3.71. The first-order valence-electron chi connectivity index (χ1n) is 9.93. The van der Waals surface area contributed by atoms with Crippen LogP contribution in [0.15, 0.2) is 41.2 Å². The Kier molecular flexibility index (Phi) is 6.15. The Morgan fingerprint density at radius 1 is 1.20 bits per heavy atom. The van der Waals surface area contributed by atoms with Gasteiger partial charge in [0, 0.05) is 11.6 Å². The van der Waals surface area contributed by atoms with Crippen molar-refractivity contribution in [1.29, 1.82) is 0 Å². The minimum Gasteiger partial charge on any atom is -0.471 e. The van der Waals surface area contributed by atoms with Crippen LogP contribution in [0.1, 0.15) is 11.4 Å². The van der Waals surface area contributed by atoms with E-state index >= 15 is 0 Å². The average Bonchev–Trinajstić information content (AvgIpc) is 3.16. The van der Waals surface area contributed by atoms with Crippen LogP contribution in [0, 0.1) is 18.6 Å². The number of hydrogen-bond donors (Lipinski definition) is 1. The second kappa shape index (κ2) is 8.82. The van der Waals surface area contributed by atoms with Crippen molar-refractivity contribution in [2.45, 2.75) is 13.5 Å². The molecule has 2 heterocycles. The first kappa shape index (κ1) is 24.4. The summed E-state index contributed by atoms with van der Waals surface area (Å²) in [5, 5.41) is -0.400. The van der Waals surface area contributed by atoms with Crippen molar-refractivity contribution in [3.8, 4) is 11.6 Å². The van der Waals surface area contributed by atoms with Crippen molar-refractivity contribution in [1.82, 2.24) is 9.55 Å². The Hall–Kier alpha value is -3.71. The van der Waals surface area contributed by atoms with E-state index in [1.54, 1.807) is 0 Å². The average molecular weight is 526 g/mol. The summed E-state index contributed by atoms with van der Waals surface area (Å²) in [5.41, 5.74) is 5.34. The van der Waals surface area contributed by atoms with Crippen molar-refractivity contribution >= 4 is 39.0 Å². The summed E-state index contributed by atoms with van der Waals surface area (Å²) >= 11 is 6.18. The molecule has 14 heteroatoms. The molecule has 2 aromatic carbocycles. The van der Waals surface area contributed by atoms with E-state index in [4.69, 9.17) is 22.1 Å². The maximum absolute atomic E-state index is 13.9. The van der Waals surface area contributed by atoms with Gasteiger partial charge in [-0.2, -0.15) is 4.98 Å². The van der Waals surface area contributed by atoms with Crippen molar-refractivity contribution in [3.63, 3.8) is 0 Å². The smallest absolute Gasteiger partial charge is 0.320 e. The van der Waals surface area contributed by atoms with E-state index in [0.717, 1.165) is 26.1 Å². The number of sulfonamides is 1. The van der Waals surface area contributed by atoms with E-state index in [-0.39, 0.29) is 47.6 Å². The van der Waals surface area contributed by atoms with Crippen LogP contribution in [0.4, 0.5) is 25.0 Å². The van der Waals surface area contributed by atoms with Crippen LogP contribution in [0.2, 0.25) is 5.02 Å². The summed E-state index contributed by atoms with van der Waals surface area (Å²) in [6, 6.07) is 6.37. The van der Waals surface area contributed by atoms with Gasteiger partial charge in [-0.15, -0.1) is 0 Å². The molecule has 3 aromatic rings. The fraction of sp³-hybridized carbons (Fsp3) is 0.190. The summed E-state index contributed by atoms with van der Waals surface area (Å²) in [4.78, 5) is 30.2. The van der Waals surface area contributed by atoms with Crippen LogP contribution in [0.3, 0.4) is 0 Å². The normalized spacial score (nSPS) is 13.2. The van der Waals surface area contributed by atoms with Gasteiger partial charge >= 0.3 is 6.03 Å². The number of anilines is 2. The summed E-state index contributed by atoms with van der Waals surface area (Å²) in [6.45, 7) is 0.826. The zero-order valence-corrected chi connectivity index (χ0v) is 19.9. The predicted octanol–water partition coefficient (Wildman–Crippen LogP) is 2.67. The number of ether oxygens (including phenoxy) is 1. The van der Waals surface area contributed by atoms with Crippen LogP contribution >= 0.6 is 11.6 Å². The largest absolute Gasteiger partial charge is 0.471 e. The van der Waals surface area contributed by atoms with Gasteiger partial charge in [0.1, 0.15) is 30.7 Å². The molecule has 184 valence electrons. The summed E-state index contributed by atoms with van der Waals surface area (Å²) < 4.78 is 58.8. The third-order valence-electron chi connectivity index (χ3n) is 5.26. The fourth-order valence-electron chi connectivity index (χ4n) is 3.60. The maximum atomic E-state index is 13.9. The SMILES string of the molecule is Cc1nc(OCc2ccc(F)cc2F)c(Cl)c(=O)n1-c1ccc2c(c1)N(C(N)=O)CN2S(C)(=O)=O. The molecule has 0 unspecified atom stereocenters. The minimum absolute atomic E-state index is 0.0340. The lowest BCUT2D eigenvalue weighted by molar-refractivity contribution is 0.254. The van der Waals surface area contributed by atoms with Crippen molar-refractivity contribution in [3.05, 3.63) is 74.8 Å². The molecule has 0 radical (unpaired) electrons. The number of rotatable bonds is 5. The molecule has 1 aromatic heterocycles. The highest BCUT2D eigenvalue weighted by Crippen LogP contribution is 2.39. The summed E-state index contributed by atoms with van der Waals surface area (Å²) in [7, 11) is -3.71. The van der Waals surface area contributed by atoms with Crippen molar-refractivity contribution in [2.24, 2.45) is 5.73 Å². The molecule has 4 rings (SSSR count). The van der Waals surface area contributed by atoms with Gasteiger partial charge in [-0.25, -0.2) is 26.3 Å². The highest BCUT2D eigenvalue weighted by Gasteiger charge is 2.34. The van der Waals surface area contributed by atoms with Crippen LogP contribution < -0.4 is 25.2 Å². The Morgan fingerprint density at radius 2 is 1.91 bits per heavy atom. The maximum Gasteiger partial charge on any atom is 0.320 e. The predicted molar refractivity (Wildman–Crippen MR) is 125 cm³/mol. The quantitative estimate of drug-likeness (QED) is 0.545. The lowest BCUT2D eigenvalue weighted by Crippen LogP contribution is -2.40. The number of carbonyl (C=O) groups excluding carboxylic acids is 1. The van der Waals surface area contributed by atoms with Crippen molar-refractivity contribution in [2.75, 3.05) is 22.1 Å². The van der Waals surface area contributed by atoms with E-state index < -0.39 is 38.3 Å². The van der Waals surface area contributed by atoms with Gasteiger partial charge in [0.25, 0.3) is 5.56 Å². The zero-order chi connectivity index (χ0) is 25.7. The fourth-order valence-corrected chi connectivity index (χ4v) is 4.62. The number of nitrogens with zero attached hydrogens (tertiary/aromatic N) is 4. The molecular formula is C21H18ClF2N5O5S. The molecule has 0 saturated heterocycles. The van der Waals surface area contributed by atoms with E-state index in [1.165, 1.54) is 31.2 Å². The Labute approximate surface area is 203 Å². The molecule has 2 amide bonds. The van der Waals surface area contributed by atoms with Gasteiger partial charge in [-0.3, -0.25) is 14.3 Å². The molecule has 0 spiro atoms. The second-order valence-electron chi connectivity index (χ2n) is 7.64. The Bertz CT molecular complexity index is 1530. The third-order valence-corrected chi connectivity index (χ3v) is 6.69. The van der Waals surface area contributed by atoms with Gasteiger partial charge < -0.3 is 10.5 Å². The molecule has 1 aliphatic rings. The first-order chi connectivity index (χ1) is 16.4. The third kappa shape index (κ3) is 4.51. The number of fused-ring (bicyclic) bond motifs is 1. The molecule has 0 saturated carbocycles. The lowest BCUT2D eigenvalue weighted by atomic mass is 10.2. The lowest BCUT2D eigenvalue weighted by Gasteiger charge is -2.16. The Balaban J connectivity index is 1.72. The number of benzene rings is 2. The molecular weight excluding hydrogens is 508 g/mol. The molecule has 0 fully saturated rings. The standard InChI is InChI=1S/C21H18ClF2N5O5S/c1-11-26-19(34-9-12-3-4-13(23)7-15(12)24)18(22)20(30)29(11)14-5-6-16-17(8-14)27(21(25)31)10-28(16)35(2,32)33/h3-8H,9-10H2,1-2H3,(H2,25,31). The molecule has 1 aliphatic heterocycles. The van der Waals surface area contributed by atoms with Crippen LogP contribution in [0.5, 0.6) is 5.88 Å². The van der Waals surface area contributed by atoms with Crippen LogP contribution in [0.25, 0.3) is 5.69 Å². The van der Waals surface area contributed by atoms with Gasteiger partial charge in [-0.05, 0) is 37.3 Å². The highest BCUT2D eigenvalue weighted by atomic mass is 35.5. The van der Waals surface area contributed by atoms with Gasteiger partial charge in [0.15, 0.2) is 5.02 Å². The molecule has 10 nitrogen and oxygen atoms in total. The molecule has 35 heavy (non-hydrogen) atoms. The van der Waals surface area contributed by atoms with Gasteiger partial charge in [-0.1, -0.05) is 11.6 Å². The molecule has 0 atom stereocenters. The number of aryl methyl sites for hydroxylation is 1. The van der Waals surface area contributed by atoms with Gasteiger partial charge in [0.2, 0.25) is 15.9 Å². The zero-order valence-electron chi connectivity index (χ0n) is 18.3. The summed E-state index contributed by atoms with van der Waals surface area (Å²) in [5.74, 6) is -1.69. The number of amides is 2. The van der Waals surface area contributed by atoms with Crippen LogP contribution in [-0.2, 0) is 16.6 Å². The number of nitrogens with two attached hydrogens (primary N) is 1. The number of urea groups is 1.